The van der Waals surface area contributed by atoms with E-state index < -0.39 is 12.1 Å². The fourth-order valence-electron chi connectivity index (χ4n) is 1.47. The van der Waals surface area contributed by atoms with E-state index in [2.05, 4.69) is 5.32 Å². The van der Waals surface area contributed by atoms with E-state index in [1.165, 1.54) is 7.11 Å². The Hall–Kier alpha value is -1.92. The number of methoxy groups -OCH3 is 1. The van der Waals surface area contributed by atoms with Gasteiger partial charge in [-0.25, -0.2) is 0 Å². The maximum Gasteiger partial charge on any atom is 0.307 e. The summed E-state index contributed by atoms with van der Waals surface area (Å²) in [6.07, 6.45) is -0.804. The molecule has 0 bridgehead atoms. The van der Waals surface area contributed by atoms with Crippen LogP contribution in [0.1, 0.15) is 5.56 Å². The number of hydrogen-bond donors (Lipinski definition) is 3. The molecule has 98 valence electrons. The van der Waals surface area contributed by atoms with E-state index in [0.29, 0.717) is 11.3 Å². The molecule has 1 rings (SSSR count). The van der Waals surface area contributed by atoms with Crippen LogP contribution >= 0.6 is 0 Å². The lowest BCUT2D eigenvalue weighted by Gasteiger charge is -2.13. The summed E-state index contributed by atoms with van der Waals surface area (Å²) in [6.45, 7) is 0.0805. The van der Waals surface area contributed by atoms with E-state index in [1.807, 2.05) is 0 Å². The molecule has 1 aromatic rings. The minimum atomic E-state index is -0.921. The monoisotopic (exact) mass is 252 g/mol. The number of benzene rings is 1. The Kier molecular flexibility index (Phi) is 5.29. The molecule has 6 nitrogen and oxygen atoms in total. The molecule has 0 aliphatic rings. The lowest BCUT2D eigenvalue weighted by molar-refractivity contribution is -0.136. The van der Waals surface area contributed by atoms with Crippen molar-refractivity contribution in [1.29, 1.82) is 0 Å². The summed E-state index contributed by atoms with van der Waals surface area (Å²) < 4.78 is 4.90. The Morgan fingerprint density at radius 1 is 1.50 bits per heavy atom. The van der Waals surface area contributed by atoms with E-state index in [4.69, 9.17) is 15.6 Å². The number of carbonyl (C=O) groups is 2. The van der Waals surface area contributed by atoms with Gasteiger partial charge in [-0.1, -0.05) is 12.1 Å². The van der Waals surface area contributed by atoms with Gasteiger partial charge in [0.1, 0.15) is 6.10 Å². The first-order valence-corrected chi connectivity index (χ1v) is 5.41. The average molecular weight is 252 g/mol. The third-order valence-corrected chi connectivity index (χ3v) is 2.34. The Morgan fingerprint density at radius 2 is 2.22 bits per heavy atom. The molecule has 0 saturated carbocycles. The minimum Gasteiger partial charge on any atom is -0.481 e. The van der Waals surface area contributed by atoms with Crippen LogP contribution in [0.2, 0.25) is 0 Å². The molecule has 0 radical (unpaired) electrons. The summed E-state index contributed by atoms with van der Waals surface area (Å²) in [5, 5.41) is 11.3. The number of aliphatic carboxylic acids is 1. The summed E-state index contributed by atoms with van der Waals surface area (Å²) in [4.78, 5) is 22.3. The zero-order chi connectivity index (χ0) is 13.5. The van der Waals surface area contributed by atoms with Gasteiger partial charge in [0, 0.05) is 19.3 Å². The summed E-state index contributed by atoms with van der Waals surface area (Å²) >= 11 is 0. The minimum absolute atomic E-state index is 0.0805. The second-order valence-corrected chi connectivity index (χ2v) is 3.72. The number of carboxylic acid groups (broad SMARTS) is 1. The number of nitrogens with two attached hydrogens (primary N) is 1. The molecule has 1 atom stereocenters. The van der Waals surface area contributed by atoms with Gasteiger partial charge in [-0.15, -0.1) is 0 Å². The molecule has 0 heterocycles. The molecule has 1 unspecified atom stereocenters. The first-order valence-electron chi connectivity index (χ1n) is 5.41. The summed E-state index contributed by atoms with van der Waals surface area (Å²) in [6, 6.07) is 6.64. The molecule has 1 aromatic carbocycles. The number of nitrogens with one attached hydrogen (secondary N) is 1. The smallest absolute Gasteiger partial charge is 0.307 e. The maximum atomic E-state index is 11.7. The lowest BCUT2D eigenvalue weighted by atomic mass is 10.1. The van der Waals surface area contributed by atoms with Gasteiger partial charge in [-0.05, 0) is 17.7 Å². The van der Waals surface area contributed by atoms with E-state index >= 15 is 0 Å². The van der Waals surface area contributed by atoms with E-state index in [9.17, 15) is 9.59 Å². The van der Waals surface area contributed by atoms with Gasteiger partial charge in [0.2, 0.25) is 0 Å². The number of hydrogen-bond acceptors (Lipinski definition) is 4. The highest BCUT2D eigenvalue weighted by Gasteiger charge is 2.15. The Labute approximate surface area is 105 Å². The zero-order valence-corrected chi connectivity index (χ0v) is 10.1. The largest absolute Gasteiger partial charge is 0.481 e. The van der Waals surface area contributed by atoms with Gasteiger partial charge in [-0.3, -0.25) is 9.59 Å². The highest BCUT2D eigenvalue weighted by molar-refractivity contribution is 5.94. The maximum absolute atomic E-state index is 11.7. The molecule has 6 heteroatoms. The summed E-state index contributed by atoms with van der Waals surface area (Å²) in [5.74, 6) is -1.28. The van der Waals surface area contributed by atoms with Gasteiger partial charge >= 0.3 is 5.97 Å². The SMILES string of the molecule is COC(CN)C(=O)Nc1cccc(CC(=O)O)c1. The lowest BCUT2D eigenvalue weighted by Crippen LogP contribution is -2.35. The Balaban J connectivity index is 2.72. The van der Waals surface area contributed by atoms with Crippen molar-refractivity contribution >= 4 is 17.6 Å². The number of amides is 1. The molecule has 18 heavy (non-hydrogen) atoms. The van der Waals surface area contributed by atoms with Crippen LogP contribution in [0.3, 0.4) is 0 Å². The van der Waals surface area contributed by atoms with Gasteiger partial charge < -0.3 is 20.9 Å². The Morgan fingerprint density at radius 3 is 2.78 bits per heavy atom. The molecular weight excluding hydrogens is 236 g/mol. The van der Waals surface area contributed by atoms with Crippen LogP contribution in [0.25, 0.3) is 0 Å². The quantitative estimate of drug-likeness (QED) is 0.672. The number of ether oxygens (including phenoxy) is 1. The van der Waals surface area contributed by atoms with Crippen LogP contribution in [0.15, 0.2) is 24.3 Å². The molecule has 4 N–H and O–H groups in total. The predicted octanol–water partition coefficient (Wildman–Crippen LogP) is 0.226. The van der Waals surface area contributed by atoms with Crippen LogP contribution in [-0.2, 0) is 20.7 Å². The molecule has 0 aromatic heterocycles. The number of rotatable bonds is 6. The number of carboxylic acids is 1. The Bertz CT molecular complexity index is 430. The highest BCUT2D eigenvalue weighted by Crippen LogP contribution is 2.11. The molecular formula is C12H16N2O4. The van der Waals surface area contributed by atoms with Crippen molar-refractivity contribution in [3.8, 4) is 0 Å². The van der Waals surface area contributed by atoms with Crippen molar-refractivity contribution in [3.05, 3.63) is 29.8 Å². The first kappa shape index (κ1) is 14.1. The van der Waals surface area contributed by atoms with Gasteiger partial charge in [0.05, 0.1) is 6.42 Å². The second-order valence-electron chi connectivity index (χ2n) is 3.72. The fourth-order valence-corrected chi connectivity index (χ4v) is 1.47. The third kappa shape index (κ3) is 4.15. The van der Waals surface area contributed by atoms with Gasteiger partial charge in [0.25, 0.3) is 5.91 Å². The molecule has 0 spiro atoms. The average Bonchev–Trinajstić information content (AvgIpc) is 2.30. The van der Waals surface area contributed by atoms with E-state index in [-0.39, 0.29) is 18.9 Å². The van der Waals surface area contributed by atoms with E-state index in [1.54, 1.807) is 24.3 Å². The molecule has 0 saturated heterocycles. The van der Waals surface area contributed by atoms with Crippen LogP contribution in [0.5, 0.6) is 0 Å². The highest BCUT2D eigenvalue weighted by atomic mass is 16.5. The zero-order valence-electron chi connectivity index (χ0n) is 10.1. The first-order chi connectivity index (χ1) is 8.56. The number of carbonyl (C=O) groups excluding carboxylic acids is 1. The van der Waals surface area contributed by atoms with Crippen LogP contribution in [-0.4, -0.2) is 36.7 Å². The number of anilines is 1. The van der Waals surface area contributed by atoms with Gasteiger partial charge in [-0.2, -0.15) is 0 Å². The van der Waals surface area contributed by atoms with Crippen molar-refractivity contribution in [1.82, 2.24) is 0 Å². The van der Waals surface area contributed by atoms with Crippen LogP contribution < -0.4 is 11.1 Å². The van der Waals surface area contributed by atoms with Crippen molar-refractivity contribution in [2.45, 2.75) is 12.5 Å². The van der Waals surface area contributed by atoms with Crippen molar-refractivity contribution < 1.29 is 19.4 Å². The predicted molar refractivity (Wildman–Crippen MR) is 66.3 cm³/mol. The summed E-state index contributed by atoms with van der Waals surface area (Å²) in [5.41, 5.74) is 6.51. The van der Waals surface area contributed by atoms with Crippen LogP contribution in [0.4, 0.5) is 5.69 Å². The second kappa shape index (κ2) is 6.73. The molecule has 1 amide bonds. The molecule has 0 fully saturated rings. The normalized spacial score (nSPS) is 11.9. The molecule has 0 aliphatic carbocycles. The van der Waals surface area contributed by atoms with Crippen molar-refractivity contribution in [2.24, 2.45) is 5.73 Å². The van der Waals surface area contributed by atoms with Crippen LogP contribution in [0, 0.1) is 0 Å². The third-order valence-electron chi connectivity index (χ3n) is 2.34. The topological polar surface area (TPSA) is 102 Å². The van der Waals surface area contributed by atoms with Crippen molar-refractivity contribution in [3.63, 3.8) is 0 Å². The standard InChI is InChI=1S/C12H16N2O4/c1-18-10(7-13)12(17)14-9-4-2-3-8(5-9)6-11(15)16/h2-5,10H,6-7,13H2,1H3,(H,14,17)(H,15,16). The molecule has 0 aliphatic heterocycles. The summed E-state index contributed by atoms with van der Waals surface area (Å²) in [7, 11) is 1.40. The van der Waals surface area contributed by atoms with Gasteiger partial charge in [0.15, 0.2) is 0 Å². The van der Waals surface area contributed by atoms with Crippen molar-refractivity contribution in [2.75, 3.05) is 19.0 Å². The van der Waals surface area contributed by atoms with E-state index in [0.717, 1.165) is 0 Å². The fraction of sp³-hybridized carbons (Fsp3) is 0.333.